The third-order valence-corrected chi connectivity index (χ3v) is 4.74. The highest BCUT2D eigenvalue weighted by Crippen LogP contribution is 2.27. The van der Waals surface area contributed by atoms with Gasteiger partial charge in [0.05, 0.1) is 5.71 Å². The predicted molar refractivity (Wildman–Crippen MR) is 103 cm³/mol. The van der Waals surface area contributed by atoms with E-state index in [1.54, 1.807) is 6.07 Å². The minimum absolute atomic E-state index is 0.0884. The molecule has 5 heteroatoms. The summed E-state index contributed by atoms with van der Waals surface area (Å²) in [5.74, 6) is 0.848. The normalized spacial score (nSPS) is 16.4. The van der Waals surface area contributed by atoms with E-state index >= 15 is 0 Å². The molecule has 2 aromatic carbocycles. The molecule has 0 N–H and O–H groups in total. The Morgan fingerprint density at radius 2 is 2.00 bits per heavy atom. The third kappa shape index (κ3) is 4.90. The maximum atomic E-state index is 6.22. The minimum Gasteiger partial charge on any atom is -0.489 e. The lowest BCUT2D eigenvalue weighted by Crippen LogP contribution is -2.12. The summed E-state index contributed by atoms with van der Waals surface area (Å²) in [7, 11) is 0. The summed E-state index contributed by atoms with van der Waals surface area (Å²) < 4.78 is 6.01. The van der Waals surface area contributed by atoms with Gasteiger partial charge in [-0.15, -0.1) is 0 Å². The molecule has 3 rings (SSSR count). The molecular formula is C20H21Cl2NO2. The molecule has 3 nitrogen and oxygen atoms in total. The molecule has 1 heterocycles. The summed E-state index contributed by atoms with van der Waals surface area (Å²) in [5, 5.41) is 5.43. The maximum absolute atomic E-state index is 6.22. The molecule has 0 bridgehead atoms. The van der Waals surface area contributed by atoms with Crippen LogP contribution in [0.5, 0.6) is 5.75 Å². The van der Waals surface area contributed by atoms with E-state index in [1.807, 2.05) is 30.3 Å². The number of ether oxygens (including phenoxy) is 1. The van der Waals surface area contributed by atoms with Gasteiger partial charge < -0.3 is 9.57 Å². The zero-order chi connectivity index (χ0) is 17.6. The molecule has 0 spiro atoms. The number of nitrogens with zero attached hydrogens (tertiary/aromatic N) is 1. The van der Waals surface area contributed by atoms with Crippen molar-refractivity contribution in [3.05, 3.63) is 63.6 Å². The Morgan fingerprint density at radius 3 is 2.80 bits per heavy atom. The van der Waals surface area contributed by atoms with Crippen LogP contribution < -0.4 is 4.74 Å². The fourth-order valence-electron chi connectivity index (χ4n) is 2.88. The molecule has 0 aliphatic carbocycles. The summed E-state index contributed by atoms with van der Waals surface area (Å²) in [6.45, 7) is 2.55. The van der Waals surface area contributed by atoms with Gasteiger partial charge >= 0.3 is 0 Å². The van der Waals surface area contributed by atoms with Gasteiger partial charge in [-0.25, -0.2) is 0 Å². The number of oxime groups is 1. The minimum atomic E-state index is 0.0884. The van der Waals surface area contributed by atoms with Crippen LogP contribution in [0.2, 0.25) is 10.0 Å². The van der Waals surface area contributed by atoms with Gasteiger partial charge in [0, 0.05) is 28.5 Å². The molecule has 2 aromatic rings. The second-order valence-corrected chi connectivity index (χ2v) is 7.02. The zero-order valence-electron chi connectivity index (χ0n) is 14.2. The SMILES string of the molecule is CCCC1=NO[C@@H](Cc2ccccc2OCc2ccc(Cl)cc2Cl)C1. The Labute approximate surface area is 158 Å². The first-order chi connectivity index (χ1) is 12.2. The van der Waals surface area contributed by atoms with Crippen molar-refractivity contribution >= 4 is 28.9 Å². The van der Waals surface area contributed by atoms with Crippen LogP contribution in [0.3, 0.4) is 0 Å². The molecule has 0 aromatic heterocycles. The van der Waals surface area contributed by atoms with Gasteiger partial charge in [0.15, 0.2) is 0 Å². The van der Waals surface area contributed by atoms with Crippen LogP contribution in [0.15, 0.2) is 47.6 Å². The van der Waals surface area contributed by atoms with E-state index in [9.17, 15) is 0 Å². The molecule has 1 atom stereocenters. The number of halogens is 2. The van der Waals surface area contributed by atoms with E-state index < -0.39 is 0 Å². The second-order valence-electron chi connectivity index (χ2n) is 6.18. The summed E-state index contributed by atoms with van der Waals surface area (Å²) >= 11 is 12.2. The molecule has 0 amide bonds. The van der Waals surface area contributed by atoms with Crippen LogP contribution in [-0.4, -0.2) is 11.8 Å². The number of para-hydroxylation sites is 1. The molecular weight excluding hydrogens is 357 g/mol. The van der Waals surface area contributed by atoms with Gasteiger partial charge in [-0.2, -0.15) is 0 Å². The molecule has 1 aliphatic heterocycles. The van der Waals surface area contributed by atoms with Crippen LogP contribution in [0.25, 0.3) is 0 Å². The highest BCUT2D eigenvalue weighted by molar-refractivity contribution is 6.35. The lowest BCUT2D eigenvalue weighted by atomic mass is 10.0. The Kier molecular flexibility index (Phi) is 6.22. The average molecular weight is 378 g/mol. The molecule has 25 heavy (non-hydrogen) atoms. The predicted octanol–water partition coefficient (Wildman–Crippen LogP) is 6.06. The fourth-order valence-corrected chi connectivity index (χ4v) is 3.35. The Hall–Kier alpha value is -1.71. The highest BCUT2D eigenvalue weighted by atomic mass is 35.5. The Morgan fingerprint density at radius 1 is 1.16 bits per heavy atom. The number of rotatable bonds is 7. The number of hydrogen-bond acceptors (Lipinski definition) is 3. The van der Waals surface area contributed by atoms with Crippen molar-refractivity contribution in [2.24, 2.45) is 5.16 Å². The molecule has 132 valence electrons. The first kappa shape index (κ1) is 18.1. The van der Waals surface area contributed by atoms with Crippen LogP contribution >= 0.6 is 23.2 Å². The molecule has 0 radical (unpaired) electrons. The topological polar surface area (TPSA) is 30.8 Å². The van der Waals surface area contributed by atoms with E-state index in [2.05, 4.69) is 18.1 Å². The largest absolute Gasteiger partial charge is 0.489 e. The number of benzene rings is 2. The van der Waals surface area contributed by atoms with Crippen LogP contribution in [0.1, 0.15) is 37.3 Å². The van der Waals surface area contributed by atoms with Gasteiger partial charge in [0.25, 0.3) is 0 Å². The third-order valence-electron chi connectivity index (χ3n) is 4.15. The maximum Gasteiger partial charge on any atom is 0.137 e. The van der Waals surface area contributed by atoms with Crippen molar-refractivity contribution in [3.63, 3.8) is 0 Å². The monoisotopic (exact) mass is 377 g/mol. The van der Waals surface area contributed by atoms with E-state index in [-0.39, 0.29) is 6.10 Å². The first-order valence-electron chi connectivity index (χ1n) is 8.52. The molecule has 0 saturated heterocycles. The summed E-state index contributed by atoms with van der Waals surface area (Å²) in [4.78, 5) is 5.57. The van der Waals surface area contributed by atoms with Gasteiger partial charge in [-0.1, -0.05) is 66.0 Å². The van der Waals surface area contributed by atoms with Gasteiger partial charge in [-0.3, -0.25) is 0 Å². The molecule has 0 unspecified atom stereocenters. The van der Waals surface area contributed by atoms with Crippen molar-refractivity contribution < 1.29 is 9.57 Å². The summed E-state index contributed by atoms with van der Waals surface area (Å²) in [5.41, 5.74) is 3.18. The van der Waals surface area contributed by atoms with Gasteiger partial charge in [0.2, 0.25) is 0 Å². The molecule has 0 fully saturated rings. The van der Waals surface area contributed by atoms with Crippen molar-refractivity contribution in [2.75, 3.05) is 0 Å². The quantitative estimate of drug-likeness (QED) is 0.586. The average Bonchev–Trinajstić information content (AvgIpc) is 3.03. The fraction of sp³-hybridized carbons (Fsp3) is 0.350. The Balaban J connectivity index is 1.63. The van der Waals surface area contributed by atoms with Gasteiger partial charge in [0.1, 0.15) is 18.5 Å². The van der Waals surface area contributed by atoms with Crippen molar-refractivity contribution in [3.8, 4) is 5.75 Å². The summed E-state index contributed by atoms with van der Waals surface area (Å²) in [6.07, 6.45) is 3.86. The van der Waals surface area contributed by atoms with Crippen LogP contribution in [0, 0.1) is 0 Å². The van der Waals surface area contributed by atoms with Crippen molar-refractivity contribution in [2.45, 2.75) is 45.3 Å². The van der Waals surface area contributed by atoms with Crippen molar-refractivity contribution in [1.82, 2.24) is 0 Å². The van der Waals surface area contributed by atoms with Crippen LogP contribution in [0.4, 0.5) is 0 Å². The molecule has 1 aliphatic rings. The zero-order valence-corrected chi connectivity index (χ0v) is 15.7. The number of hydrogen-bond donors (Lipinski definition) is 0. The first-order valence-corrected chi connectivity index (χ1v) is 9.27. The van der Waals surface area contributed by atoms with E-state index in [1.165, 1.54) is 0 Å². The van der Waals surface area contributed by atoms with E-state index in [4.69, 9.17) is 32.8 Å². The Bertz CT molecular complexity index is 761. The standard InChI is InChI=1S/C20H21Cl2NO2/c1-2-5-17-12-18(25-23-17)10-14-6-3-4-7-20(14)24-13-15-8-9-16(21)11-19(15)22/h3-4,6-9,11,18H,2,5,10,12-13H2,1H3/t18-/m0/s1. The smallest absolute Gasteiger partial charge is 0.137 e. The lowest BCUT2D eigenvalue weighted by molar-refractivity contribution is 0.0852. The highest BCUT2D eigenvalue weighted by Gasteiger charge is 2.22. The lowest BCUT2D eigenvalue weighted by Gasteiger charge is -2.14. The van der Waals surface area contributed by atoms with Crippen molar-refractivity contribution in [1.29, 1.82) is 0 Å². The van der Waals surface area contributed by atoms with E-state index in [0.717, 1.165) is 48.3 Å². The molecule has 0 saturated carbocycles. The summed E-state index contributed by atoms with van der Waals surface area (Å²) in [6, 6.07) is 13.5. The second kappa shape index (κ2) is 8.59. The van der Waals surface area contributed by atoms with Crippen LogP contribution in [-0.2, 0) is 17.9 Å². The van der Waals surface area contributed by atoms with E-state index in [0.29, 0.717) is 16.7 Å². The van der Waals surface area contributed by atoms with Gasteiger partial charge in [-0.05, 0) is 30.2 Å².